The van der Waals surface area contributed by atoms with E-state index in [4.69, 9.17) is 17.3 Å². The summed E-state index contributed by atoms with van der Waals surface area (Å²) in [5, 5.41) is 3.59. The van der Waals surface area contributed by atoms with Crippen LogP contribution >= 0.6 is 27.5 Å². The van der Waals surface area contributed by atoms with E-state index in [1.165, 1.54) is 0 Å². The zero-order chi connectivity index (χ0) is 15.0. The smallest absolute Gasteiger partial charge is 0.268 e. The number of carbonyl (C=O) groups excluding carboxylic acids is 1. The molecule has 2 aromatic rings. The Morgan fingerprint density at radius 1 is 1.43 bits per heavy atom. The summed E-state index contributed by atoms with van der Waals surface area (Å²) in [7, 11) is 0. The van der Waals surface area contributed by atoms with Crippen LogP contribution in [0.3, 0.4) is 0 Å². The topological polar surface area (TPSA) is 60.0 Å². The van der Waals surface area contributed by atoms with Gasteiger partial charge in [0.15, 0.2) is 0 Å². The van der Waals surface area contributed by atoms with E-state index in [0.717, 1.165) is 22.2 Å². The van der Waals surface area contributed by atoms with E-state index in [9.17, 15) is 4.79 Å². The minimum absolute atomic E-state index is 0.0581. The van der Waals surface area contributed by atoms with Gasteiger partial charge in [-0.25, -0.2) is 0 Å². The molecule has 0 saturated heterocycles. The Kier molecular flexibility index (Phi) is 4.06. The molecule has 3 N–H and O–H groups in total. The largest absolute Gasteiger partial charge is 0.349 e. The fourth-order valence-corrected chi connectivity index (χ4v) is 3.72. The van der Waals surface area contributed by atoms with Crippen molar-refractivity contribution in [1.29, 1.82) is 0 Å². The third-order valence-corrected chi connectivity index (χ3v) is 4.75. The fourth-order valence-electron chi connectivity index (χ4n) is 2.71. The van der Waals surface area contributed by atoms with Crippen LogP contribution in [0.25, 0.3) is 11.1 Å². The van der Waals surface area contributed by atoms with Gasteiger partial charge in [0.25, 0.3) is 5.91 Å². The number of aromatic nitrogens is 1. The predicted octanol–water partition coefficient (Wildman–Crippen LogP) is 3.20. The van der Waals surface area contributed by atoms with E-state index in [-0.39, 0.29) is 11.9 Å². The van der Waals surface area contributed by atoms with Crippen molar-refractivity contribution in [3.05, 3.63) is 45.7 Å². The van der Waals surface area contributed by atoms with Crippen molar-refractivity contribution in [3.8, 4) is 11.1 Å². The number of fused-ring (bicyclic) bond motifs is 1. The molecule has 1 aromatic heterocycles. The summed E-state index contributed by atoms with van der Waals surface area (Å²) in [4.78, 5) is 12.1. The Balaban J connectivity index is 2.13. The van der Waals surface area contributed by atoms with E-state index >= 15 is 0 Å². The number of benzene rings is 1. The molecule has 1 unspecified atom stereocenters. The number of rotatable bonds is 3. The van der Waals surface area contributed by atoms with Crippen LogP contribution < -0.4 is 11.1 Å². The maximum atomic E-state index is 12.1. The Morgan fingerprint density at radius 3 is 2.95 bits per heavy atom. The van der Waals surface area contributed by atoms with Gasteiger partial charge < -0.3 is 15.6 Å². The molecular weight excluding hydrogens is 354 g/mol. The summed E-state index contributed by atoms with van der Waals surface area (Å²) in [6, 6.07) is 9.67. The number of nitrogens with zero attached hydrogens (tertiary/aromatic N) is 1. The van der Waals surface area contributed by atoms with Crippen LogP contribution in [-0.4, -0.2) is 23.6 Å². The van der Waals surface area contributed by atoms with Gasteiger partial charge in [0.2, 0.25) is 0 Å². The average molecular weight is 369 g/mol. The fraction of sp³-hybridized carbons (Fsp3) is 0.267. The third-order valence-electron chi connectivity index (χ3n) is 3.71. The highest BCUT2D eigenvalue weighted by Crippen LogP contribution is 2.36. The number of nitrogens with two attached hydrogens (primary N) is 1. The summed E-state index contributed by atoms with van der Waals surface area (Å²) < 4.78 is 2.93. The highest BCUT2D eigenvalue weighted by Gasteiger charge is 2.28. The number of nitrogens with one attached hydrogen (secondary N) is 1. The van der Waals surface area contributed by atoms with Gasteiger partial charge in [-0.2, -0.15) is 0 Å². The van der Waals surface area contributed by atoms with E-state index in [1.54, 1.807) is 0 Å². The van der Waals surface area contributed by atoms with Gasteiger partial charge >= 0.3 is 0 Å². The molecule has 1 aliphatic heterocycles. The summed E-state index contributed by atoms with van der Waals surface area (Å²) in [5.74, 6) is -0.0581. The van der Waals surface area contributed by atoms with Gasteiger partial charge in [-0.1, -0.05) is 23.7 Å². The number of hydrogen-bond donors (Lipinski definition) is 2. The molecule has 110 valence electrons. The van der Waals surface area contributed by atoms with E-state index in [1.807, 2.05) is 34.9 Å². The second-order valence-electron chi connectivity index (χ2n) is 5.06. The molecule has 0 bridgehead atoms. The quantitative estimate of drug-likeness (QED) is 0.874. The highest BCUT2D eigenvalue weighted by molar-refractivity contribution is 9.10. The van der Waals surface area contributed by atoms with Crippen molar-refractivity contribution < 1.29 is 4.79 Å². The van der Waals surface area contributed by atoms with Crippen LogP contribution in [0.15, 0.2) is 34.9 Å². The maximum Gasteiger partial charge on any atom is 0.268 e. The molecule has 3 rings (SSSR count). The Morgan fingerprint density at radius 2 is 2.24 bits per heavy atom. The first-order valence-electron chi connectivity index (χ1n) is 6.76. The van der Waals surface area contributed by atoms with Gasteiger partial charge in [0.05, 0.1) is 10.6 Å². The van der Waals surface area contributed by atoms with E-state index in [0.29, 0.717) is 23.8 Å². The molecule has 4 nitrogen and oxygen atoms in total. The lowest BCUT2D eigenvalue weighted by molar-refractivity contribution is 0.0912. The van der Waals surface area contributed by atoms with Crippen LogP contribution in [0.2, 0.25) is 5.02 Å². The molecule has 2 heterocycles. The molecule has 1 aliphatic rings. The summed E-state index contributed by atoms with van der Waals surface area (Å²) >= 11 is 9.70. The molecule has 0 spiro atoms. The van der Waals surface area contributed by atoms with Crippen molar-refractivity contribution >= 4 is 33.4 Å². The van der Waals surface area contributed by atoms with Gasteiger partial charge in [0.1, 0.15) is 5.69 Å². The first kappa shape index (κ1) is 14.6. The van der Waals surface area contributed by atoms with E-state index in [2.05, 4.69) is 21.2 Å². The first-order valence-corrected chi connectivity index (χ1v) is 7.94. The second-order valence-corrected chi connectivity index (χ2v) is 6.24. The van der Waals surface area contributed by atoms with Crippen LogP contribution in [0.1, 0.15) is 23.0 Å². The van der Waals surface area contributed by atoms with Gasteiger partial charge in [-0.3, -0.25) is 4.79 Å². The Hall–Kier alpha value is -1.30. The molecule has 0 aliphatic carbocycles. The first-order chi connectivity index (χ1) is 10.1. The van der Waals surface area contributed by atoms with Crippen molar-refractivity contribution in [3.63, 3.8) is 0 Å². The molecule has 1 amide bonds. The molecule has 21 heavy (non-hydrogen) atoms. The van der Waals surface area contributed by atoms with Crippen molar-refractivity contribution in [2.24, 2.45) is 5.73 Å². The van der Waals surface area contributed by atoms with Crippen LogP contribution in [0, 0.1) is 0 Å². The van der Waals surface area contributed by atoms with E-state index < -0.39 is 0 Å². The minimum atomic E-state index is -0.0581. The van der Waals surface area contributed by atoms with Crippen molar-refractivity contribution in [2.75, 3.05) is 13.1 Å². The second kappa shape index (κ2) is 5.83. The number of hydrogen-bond acceptors (Lipinski definition) is 2. The SMILES string of the molecule is NCCC1CNC(=O)c2cc(-c3cccc(Cl)c3)c(Br)n21. The number of halogens is 2. The zero-order valence-electron chi connectivity index (χ0n) is 11.3. The van der Waals surface area contributed by atoms with Gasteiger partial charge in [-0.05, 0) is 52.7 Å². The van der Waals surface area contributed by atoms with Crippen LogP contribution in [-0.2, 0) is 0 Å². The maximum absolute atomic E-state index is 12.1. The lowest BCUT2D eigenvalue weighted by Gasteiger charge is -2.27. The molecule has 1 aromatic carbocycles. The summed E-state index contributed by atoms with van der Waals surface area (Å²) in [6.45, 7) is 1.18. The normalized spacial score (nSPS) is 17.5. The summed E-state index contributed by atoms with van der Waals surface area (Å²) in [6.07, 6.45) is 0.815. The standard InChI is InChI=1S/C15H15BrClN3O/c16-14-12(9-2-1-3-10(17)6-9)7-13-15(21)19-8-11(4-5-18)20(13)14/h1-3,6-7,11H,4-5,8,18H2,(H,19,21). The van der Waals surface area contributed by atoms with Crippen molar-refractivity contribution in [2.45, 2.75) is 12.5 Å². The number of carbonyl (C=O) groups is 1. The van der Waals surface area contributed by atoms with Gasteiger partial charge in [-0.15, -0.1) is 0 Å². The molecular formula is C15H15BrClN3O. The predicted molar refractivity (Wildman–Crippen MR) is 87.6 cm³/mol. The van der Waals surface area contributed by atoms with Crippen LogP contribution in [0.5, 0.6) is 0 Å². The van der Waals surface area contributed by atoms with Crippen LogP contribution in [0.4, 0.5) is 0 Å². The minimum Gasteiger partial charge on any atom is -0.349 e. The average Bonchev–Trinajstić information content (AvgIpc) is 2.81. The molecule has 6 heteroatoms. The summed E-state index contributed by atoms with van der Waals surface area (Å²) in [5.41, 5.74) is 8.28. The lowest BCUT2D eigenvalue weighted by Crippen LogP contribution is -2.39. The Labute approximate surface area is 136 Å². The zero-order valence-corrected chi connectivity index (χ0v) is 13.6. The molecule has 1 atom stereocenters. The molecule has 0 saturated carbocycles. The molecule has 0 radical (unpaired) electrons. The van der Waals surface area contributed by atoms with Crippen molar-refractivity contribution in [1.82, 2.24) is 9.88 Å². The lowest BCUT2D eigenvalue weighted by atomic mass is 10.1. The Bertz CT molecular complexity index is 698. The molecule has 0 fully saturated rings. The monoisotopic (exact) mass is 367 g/mol. The third kappa shape index (κ3) is 2.61. The van der Waals surface area contributed by atoms with Gasteiger partial charge in [0, 0.05) is 17.1 Å². The number of amides is 1. The highest BCUT2D eigenvalue weighted by atomic mass is 79.9.